The zero-order valence-corrected chi connectivity index (χ0v) is 17.1. The molecular weight excluding hydrogens is 419 g/mol. The Morgan fingerprint density at radius 1 is 1.29 bits per heavy atom. The van der Waals surface area contributed by atoms with E-state index in [9.17, 15) is 0 Å². The fourth-order valence-corrected chi connectivity index (χ4v) is 2.23. The minimum absolute atomic E-state index is 0. The van der Waals surface area contributed by atoms with Crippen LogP contribution >= 0.6 is 24.0 Å². The summed E-state index contributed by atoms with van der Waals surface area (Å²) in [5.74, 6) is 3.43. The monoisotopic (exact) mass is 444 g/mol. The minimum Gasteiger partial charge on any atom is -0.497 e. The van der Waals surface area contributed by atoms with Crippen LogP contribution in [-0.4, -0.2) is 46.8 Å². The van der Waals surface area contributed by atoms with Crippen LogP contribution in [0.4, 0.5) is 0 Å². The van der Waals surface area contributed by atoms with Crippen molar-refractivity contribution in [2.24, 2.45) is 12.0 Å². The van der Waals surface area contributed by atoms with E-state index in [1.165, 1.54) is 5.56 Å². The van der Waals surface area contributed by atoms with Crippen molar-refractivity contribution in [1.82, 2.24) is 25.0 Å². The number of rotatable bonds is 5. The summed E-state index contributed by atoms with van der Waals surface area (Å²) < 4.78 is 7.14. The highest BCUT2D eigenvalue weighted by molar-refractivity contribution is 14.0. The van der Waals surface area contributed by atoms with Crippen molar-refractivity contribution in [3.8, 4) is 5.75 Å². The number of aromatic nitrogens is 3. The second kappa shape index (κ2) is 9.45. The largest absolute Gasteiger partial charge is 0.497 e. The molecule has 1 aromatic carbocycles. The van der Waals surface area contributed by atoms with Gasteiger partial charge in [-0.3, -0.25) is 4.99 Å². The maximum Gasteiger partial charge on any atom is 0.194 e. The van der Waals surface area contributed by atoms with Gasteiger partial charge in [0.25, 0.3) is 0 Å². The molecule has 0 radical (unpaired) electrons. The molecule has 0 unspecified atom stereocenters. The van der Waals surface area contributed by atoms with Gasteiger partial charge in [-0.05, 0) is 24.6 Å². The first-order valence-electron chi connectivity index (χ1n) is 7.44. The zero-order valence-electron chi connectivity index (χ0n) is 14.8. The number of ether oxygens (including phenoxy) is 1. The molecule has 24 heavy (non-hydrogen) atoms. The molecule has 0 aliphatic rings. The van der Waals surface area contributed by atoms with Gasteiger partial charge in [-0.25, -0.2) is 0 Å². The highest BCUT2D eigenvalue weighted by Crippen LogP contribution is 2.12. The summed E-state index contributed by atoms with van der Waals surface area (Å²) in [5.41, 5.74) is 1.19. The highest BCUT2D eigenvalue weighted by atomic mass is 127. The normalized spacial score (nSPS) is 11.0. The molecule has 2 aromatic rings. The van der Waals surface area contributed by atoms with Gasteiger partial charge < -0.3 is 19.5 Å². The summed E-state index contributed by atoms with van der Waals surface area (Å²) in [7, 11) is 7.40. The Bertz CT molecular complexity index is 668. The van der Waals surface area contributed by atoms with Crippen molar-refractivity contribution in [3.63, 3.8) is 0 Å². The van der Waals surface area contributed by atoms with Crippen molar-refractivity contribution in [1.29, 1.82) is 0 Å². The third kappa shape index (κ3) is 5.08. The smallest absolute Gasteiger partial charge is 0.194 e. The van der Waals surface area contributed by atoms with Gasteiger partial charge in [-0.15, -0.1) is 34.2 Å². The van der Waals surface area contributed by atoms with Crippen LogP contribution in [0.2, 0.25) is 0 Å². The summed E-state index contributed by atoms with van der Waals surface area (Å²) in [6.45, 7) is 3.26. The first-order chi connectivity index (χ1) is 11.0. The van der Waals surface area contributed by atoms with Gasteiger partial charge in [-0.1, -0.05) is 12.1 Å². The van der Waals surface area contributed by atoms with Crippen LogP contribution in [0.25, 0.3) is 0 Å². The summed E-state index contributed by atoms with van der Waals surface area (Å²) in [5, 5.41) is 11.5. The standard InChI is InChI=1S/C16H24N6O.HI/c1-12-19-20-15(22(12)4)10-18-16(17-2)21(3)11-13-6-8-14(23-5)9-7-13;/h6-9H,10-11H2,1-5H3,(H,17,18);1H. The van der Waals surface area contributed by atoms with E-state index in [0.717, 1.165) is 29.9 Å². The maximum atomic E-state index is 5.18. The second-order valence-corrected chi connectivity index (χ2v) is 5.33. The lowest BCUT2D eigenvalue weighted by Crippen LogP contribution is -2.38. The number of benzene rings is 1. The molecule has 7 nitrogen and oxygen atoms in total. The molecule has 0 saturated heterocycles. The number of halogens is 1. The molecule has 0 saturated carbocycles. The van der Waals surface area contributed by atoms with Gasteiger partial charge >= 0.3 is 0 Å². The molecule has 0 atom stereocenters. The molecule has 1 aromatic heterocycles. The molecule has 0 amide bonds. The Labute approximate surface area is 160 Å². The number of methoxy groups -OCH3 is 1. The molecule has 1 N–H and O–H groups in total. The molecule has 0 spiro atoms. The second-order valence-electron chi connectivity index (χ2n) is 5.33. The average Bonchev–Trinajstić information content (AvgIpc) is 2.88. The molecule has 0 aliphatic heterocycles. The van der Waals surface area contributed by atoms with Crippen LogP contribution in [0, 0.1) is 6.92 Å². The minimum atomic E-state index is 0. The number of hydrogen-bond donors (Lipinski definition) is 1. The van der Waals surface area contributed by atoms with E-state index in [2.05, 4.69) is 37.5 Å². The summed E-state index contributed by atoms with van der Waals surface area (Å²) in [6, 6.07) is 8.02. The summed E-state index contributed by atoms with van der Waals surface area (Å²) >= 11 is 0. The van der Waals surface area contributed by atoms with Crippen molar-refractivity contribution >= 4 is 29.9 Å². The third-order valence-corrected chi connectivity index (χ3v) is 3.74. The zero-order chi connectivity index (χ0) is 16.8. The van der Waals surface area contributed by atoms with Crippen LogP contribution in [0.15, 0.2) is 29.3 Å². The van der Waals surface area contributed by atoms with Crippen LogP contribution in [0.1, 0.15) is 17.2 Å². The Morgan fingerprint density at radius 2 is 1.96 bits per heavy atom. The highest BCUT2D eigenvalue weighted by Gasteiger charge is 2.09. The predicted octanol–water partition coefficient (Wildman–Crippen LogP) is 1.96. The third-order valence-electron chi connectivity index (χ3n) is 3.74. The Hall–Kier alpha value is -1.84. The van der Waals surface area contributed by atoms with E-state index in [4.69, 9.17) is 4.74 Å². The average molecular weight is 444 g/mol. The van der Waals surface area contributed by atoms with Crippen molar-refractivity contribution in [3.05, 3.63) is 41.5 Å². The first-order valence-corrected chi connectivity index (χ1v) is 7.44. The quantitative estimate of drug-likeness (QED) is 0.434. The van der Waals surface area contributed by atoms with Crippen molar-refractivity contribution in [2.75, 3.05) is 21.2 Å². The fraction of sp³-hybridized carbons (Fsp3) is 0.438. The number of aryl methyl sites for hydroxylation is 1. The summed E-state index contributed by atoms with van der Waals surface area (Å²) in [4.78, 5) is 6.38. The van der Waals surface area contributed by atoms with Gasteiger partial charge in [0, 0.05) is 27.7 Å². The van der Waals surface area contributed by atoms with Gasteiger partial charge in [-0.2, -0.15) is 0 Å². The molecule has 1 heterocycles. The van der Waals surface area contributed by atoms with Crippen LogP contribution in [0.5, 0.6) is 5.75 Å². The lowest BCUT2D eigenvalue weighted by atomic mass is 10.2. The van der Waals surface area contributed by atoms with E-state index in [1.54, 1.807) is 14.2 Å². The lowest BCUT2D eigenvalue weighted by molar-refractivity contribution is 0.414. The predicted molar refractivity (Wildman–Crippen MR) is 106 cm³/mol. The van der Waals surface area contributed by atoms with Crippen LogP contribution in [-0.2, 0) is 20.1 Å². The van der Waals surface area contributed by atoms with E-state index < -0.39 is 0 Å². The number of nitrogens with one attached hydrogen (secondary N) is 1. The summed E-state index contributed by atoms with van der Waals surface area (Å²) in [6.07, 6.45) is 0. The van der Waals surface area contributed by atoms with Crippen LogP contribution in [0.3, 0.4) is 0 Å². The SMILES string of the molecule is CN=C(NCc1nnc(C)n1C)N(C)Cc1ccc(OC)cc1.I. The number of hydrogen-bond acceptors (Lipinski definition) is 4. The first kappa shape index (κ1) is 20.2. The molecule has 2 rings (SSSR count). The topological polar surface area (TPSA) is 67.6 Å². The van der Waals surface area contributed by atoms with Gasteiger partial charge in [0.1, 0.15) is 11.6 Å². The lowest BCUT2D eigenvalue weighted by Gasteiger charge is -2.22. The Morgan fingerprint density at radius 3 is 2.46 bits per heavy atom. The number of nitrogens with zero attached hydrogens (tertiary/aromatic N) is 5. The molecule has 8 heteroatoms. The van der Waals surface area contributed by atoms with Gasteiger partial charge in [0.15, 0.2) is 11.8 Å². The molecular formula is C16H25IN6O. The fourth-order valence-electron chi connectivity index (χ4n) is 2.23. The van der Waals surface area contributed by atoms with Crippen molar-refractivity contribution in [2.45, 2.75) is 20.0 Å². The van der Waals surface area contributed by atoms with Crippen LogP contribution < -0.4 is 10.1 Å². The van der Waals surface area contributed by atoms with E-state index in [0.29, 0.717) is 6.54 Å². The van der Waals surface area contributed by atoms with E-state index in [-0.39, 0.29) is 24.0 Å². The molecule has 0 aliphatic carbocycles. The number of guanidine groups is 1. The Kier molecular flexibility index (Phi) is 7.96. The van der Waals surface area contributed by atoms with E-state index >= 15 is 0 Å². The van der Waals surface area contributed by atoms with Gasteiger partial charge in [0.2, 0.25) is 0 Å². The molecule has 132 valence electrons. The molecule has 0 fully saturated rings. The van der Waals surface area contributed by atoms with E-state index in [1.807, 2.05) is 37.7 Å². The Balaban J connectivity index is 0.00000288. The van der Waals surface area contributed by atoms with Gasteiger partial charge in [0.05, 0.1) is 13.7 Å². The van der Waals surface area contributed by atoms with Crippen molar-refractivity contribution < 1.29 is 4.74 Å². The maximum absolute atomic E-state index is 5.18. The molecule has 0 bridgehead atoms. The number of aliphatic imine (C=N–C) groups is 1.